The summed E-state index contributed by atoms with van der Waals surface area (Å²) in [5.74, 6) is 1.30. The zero-order valence-corrected chi connectivity index (χ0v) is 30.2. The van der Waals surface area contributed by atoms with Crippen LogP contribution in [0, 0.1) is 0 Å². The summed E-state index contributed by atoms with van der Waals surface area (Å²) in [5.41, 5.74) is 10.5. The first kappa shape index (κ1) is 33.3. The van der Waals surface area contributed by atoms with Gasteiger partial charge in [-0.05, 0) is 69.8 Å². The standard InChI is InChI=1S/C45H30N12/c1-4-10-31(11-5-1)34-16-19-40(55-25-22-46-52-55)37(28-34)43-49-44(38-29-35(32-12-6-2-7-13-32)17-20-41(38)56-26-23-47-53-56)51-45(50-43)39-30-36(33-14-8-3-9-15-33)18-21-42(39)57-27-24-48-54-57/h1-30H. The smallest absolute Gasteiger partial charge is 0.166 e. The lowest BCUT2D eigenvalue weighted by atomic mass is 9.99. The van der Waals surface area contributed by atoms with Gasteiger partial charge in [-0.3, -0.25) is 0 Å². The molecular weight excluding hydrogens is 709 g/mol. The highest BCUT2D eigenvalue weighted by molar-refractivity contribution is 5.83. The van der Waals surface area contributed by atoms with Gasteiger partial charge in [-0.2, -0.15) is 0 Å². The molecule has 0 radical (unpaired) electrons. The van der Waals surface area contributed by atoms with Crippen molar-refractivity contribution in [1.82, 2.24) is 59.9 Å². The lowest BCUT2D eigenvalue weighted by Gasteiger charge is -2.17. The average Bonchev–Trinajstić information content (AvgIpc) is 4.13. The van der Waals surface area contributed by atoms with Gasteiger partial charge in [0.15, 0.2) is 17.5 Å². The first-order valence-corrected chi connectivity index (χ1v) is 18.2. The van der Waals surface area contributed by atoms with Gasteiger partial charge in [0.05, 0.1) is 54.2 Å². The fourth-order valence-electron chi connectivity index (χ4n) is 6.92. The van der Waals surface area contributed by atoms with Crippen LogP contribution in [0.15, 0.2) is 183 Å². The van der Waals surface area contributed by atoms with E-state index < -0.39 is 0 Å². The summed E-state index contributed by atoms with van der Waals surface area (Å²) in [7, 11) is 0. The van der Waals surface area contributed by atoms with Crippen LogP contribution in [-0.4, -0.2) is 59.9 Å². The summed E-state index contributed by atoms with van der Waals surface area (Å²) in [4.78, 5) is 15.9. The first-order chi connectivity index (χ1) is 28.2. The predicted octanol–water partition coefficient (Wildman–Crippen LogP) is 8.62. The van der Waals surface area contributed by atoms with Gasteiger partial charge in [-0.1, -0.05) is 125 Å². The van der Waals surface area contributed by atoms with Crippen molar-refractivity contribution in [2.45, 2.75) is 0 Å². The summed E-state index contributed by atoms with van der Waals surface area (Å²) in [6, 6.07) is 49.2. The molecule has 0 amide bonds. The predicted molar refractivity (Wildman–Crippen MR) is 217 cm³/mol. The van der Waals surface area contributed by atoms with Gasteiger partial charge in [-0.25, -0.2) is 29.0 Å². The molecule has 0 aliphatic rings. The molecule has 0 atom stereocenters. The number of hydrogen-bond donors (Lipinski definition) is 0. The van der Waals surface area contributed by atoms with Crippen molar-refractivity contribution in [2.75, 3.05) is 0 Å². The minimum atomic E-state index is 0.433. The molecule has 0 bridgehead atoms. The number of hydrogen-bond acceptors (Lipinski definition) is 9. The molecule has 0 spiro atoms. The van der Waals surface area contributed by atoms with E-state index in [-0.39, 0.29) is 0 Å². The van der Waals surface area contributed by atoms with Gasteiger partial charge in [0.25, 0.3) is 0 Å². The Bertz CT molecular complexity index is 2600. The largest absolute Gasteiger partial charge is 0.220 e. The number of benzene rings is 6. The highest BCUT2D eigenvalue weighted by Gasteiger charge is 2.22. The van der Waals surface area contributed by atoms with Gasteiger partial charge in [0.1, 0.15) is 0 Å². The Morgan fingerprint density at radius 2 is 0.596 bits per heavy atom. The van der Waals surface area contributed by atoms with Crippen LogP contribution in [-0.2, 0) is 0 Å². The Kier molecular flexibility index (Phi) is 8.50. The second-order valence-electron chi connectivity index (χ2n) is 13.1. The third-order valence-electron chi connectivity index (χ3n) is 9.68. The normalized spacial score (nSPS) is 11.2. The molecule has 12 nitrogen and oxygen atoms in total. The molecule has 4 aromatic heterocycles. The van der Waals surface area contributed by atoms with Crippen LogP contribution >= 0.6 is 0 Å². The third kappa shape index (κ3) is 6.53. The zero-order valence-electron chi connectivity index (χ0n) is 30.2. The second kappa shape index (κ2) is 14.5. The highest BCUT2D eigenvalue weighted by Crippen LogP contribution is 2.37. The Balaban J connectivity index is 1.28. The van der Waals surface area contributed by atoms with Gasteiger partial charge in [-0.15, -0.1) is 15.3 Å². The maximum absolute atomic E-state index is 5.30. The molecule has 0 saturated carbocycles. The fraction of sp³-hybridized carbons (Fsp3) is 0. The van der Waals surface area contributed by atoms with E-state index in [1.54, 1.807) is 32.6 Å². The monoisotopic (exact) mass is 738 g/mol. The Morgan fingerprint density at radius 1 is 0.298 bits per heavy atom. The van der Waals surface area contributed by atoms with Crippen LogP contribution in [0.2, 0.25) is 0 Å². The van der Waals surface area contributed by atoms with Crippen molar-refractivity contribution in [3.05, 3.63) is 183 Å². The van der Waals surface area contributed by atoms with E-state index in [9.17, 15) is 0 Å². The van der Waals surface area contributed by atoms with E-state index >= 15 is 0 Å². The van der Waals surface area contributed by atoms with Crippen molar-refractivity contribution >= 4 is 0 Å². The molecule has 0 aliphatic heterocycles. The van der Waals surface area contributed by atoms with Crippen molar-refractivity contribution in [1.29, 1.82) is 0 Å². The van der Waals surface area contributed by atoms with Gasteiger partial charge < -0.3 is 0 Å². The molecular formula is C45H30N12. The third-order valence-corrected chi connectivity index (χ3v) is 9.68. The van der Waals surface area contributed by atoms with E-state index in [2.05, 4.69) is 104 Å². The average molecular weight is 739 g/mol. The molecule has 0 N–H and O–H groups in total. The molecule has 0 fully saturated rings. The molecule has 0 aliphatic carbocycles. The number of aromatic nitrogens is 12. The van der Waals surface area contributed by atoms with Crippen LogP contribution < -0.4 is 0 Å². The van der Waals surface area contributed by atoms with Crippen molar-refractivity contribution in [3.63, 3.8) is 0 Å². The highest BCUT2D eigenvalue weighted by atomic mass is 15.4. The molecule has 12 heteroatoms. The summed E-state index contributed by atoms with van der Waals surface area (Å²) in [6.07, 6.45) is 10.4. The van der Waals surface area contributed by atoms with Gasteiger partial charge in [0, 0.05) is 16.7 Å². The maximum Gasteiger partial charge on any atom is 0.166 e. The molecule has 0 saturated heterocycles. The molecule has 57 heavy (non-hydrogen) atoms. The van der Waals surface area contributed by atoms with E-state index in [1.807, 2.05) is 91.4 Å². The summed E-state index contributed by atoms with van der Waals surface area (Å²) in [5, 5.41) is 25.5. The fourth-order valence-corrected chi connectivity index (χ4v) is 6.92. The number of rotatable bonds is 9. The second-order valence-corrected chi connectivity index (χ2v) is 13.1. The van der Waals surface area contributed by atoms with Gasteiger partial charge >= 0.3 is 0 Å². The minimum Gasteiger partial charge on any atom is -0.220 e. The molecule has 270 valence electrons. The summed E-state index contributed by atoms with van der Waals surface area (Å²) >= 11 is 0. The molecule has 10 rings (SSSR count). The lowest BCUT2D eigenvalue weighted by molar-refractivity contribution is 0.801. The van der Waals surface area contributed by atoms with E-state index in [0.29, 0.717) is 17.5 Å². The van der Waals surface area contributed by atoms with Crippen molar-refractivity contribution < 1.29 is 0 Å². The topological polar surface area (TPSA) is 131 Å². The Morgan fingerprint density at radius 3 is 0.860 bits per heavy atom. The van der Waals surface area contributed by atoms with Crippen LogP contribution in [0.25, 0.3) is 84.6 Å². The first-order valence-electron chi connectivity index (χ1n) is 18.2. The van der Waals surface area contributed by atoms with Crippen molar-refractivity contribution in [3.8, 4) is 84.6 Å². The summed E-state index contributed by atoms with van der Waals surface area (Å²) in [6.45, 7) is 0. The molecule has 10 aromatic rings. The van der Waals surface area contributed by atoms with Crippen LogP contribution in [0.5, 0.6) is 0 Å². The number of nitrogens with zero attached hydrogens (tertiary/aromatic N) is 12. The zero-order chi connectivity index (χ0) is 38.0. The van der Waals surface area contributed by atoms with E-state index in [1.165, 1.54) is 0 Å². The van der Waals surface area contributed by atoms with Crippen molar-refractivity contribution in [2.24, 2.45) is 0 Å². The Hall–Kier alpha value is -8.25. The van der Waals surface area contributed by atoms with Crippen LogP contribution in [0.3, 0.4) is 0 Å². The van der Waals surface area contributed by atoms with E-state index in [0.717, 1.165) is 67.1 Å². The van der Waals surface area contributed by atoms with E-state index in [4.69, 9.17) is 15.0 Å². The molecule has 4 heterocycles. The summed E-state index contributed by atoms with van der Waals surface area (Å²) < 4.78 is 5.17. The van der Waals surface area contributed by atoms with Crippen LogP contribution in [0.1, 0.15) is 0 Å². The van der Waals surface area contributed by atoms with Crippen LogP contribution in [0.4, 0.5) is 0 Å². The maximum atomic E-state index is 5.30. The van der Waals surface area contributed by atoms with Gasteiger partial charge in [0.2, 0.25) is 0 Å². The molecule has 0 unspecified atom stereocenters. The quantitative estimate of drug-likeness (QED) is 0.143. The lowest BCUT2D eigenvalue weighted by Crippen LogP contribution is -2.08. The minimum absolute atomic E-state index is 0.433. The Labute approximate surface area is 326 Å². The molecule has 6 aromatic carbocycles. The SMILES string of the molecule is c1ccc(-c2ccc(-n3ccnn3)c(-c3nc(-c4cc(-c5ccccc5)ccc4-n4ccnn4)nc(-c4cc(-c5ccccc5)ccc4-n4ccnn4)n3)c2)cc1.